The summed E-state index contributed by atoms with van der Waals surface area (Å²) >= 11 is 5.94. The molecule has 0 bridgehead atoms. The maximum Gasteiger partial charge on any atom is 0.281 e. The molecular formula is C26H34ClN3O8S2. The van der Waals surface area contributed by atoms with Crippen molar-refractivity contribution in [1.29, 1.82) is 0 Å². The third-order valence-corrected chi connectivity index (χ3v) is 11.8. The van der Waals surface area contributed by atoms with Gasteiger partial charge < -0.3 is 9.47 Å². The van der Waals surface area contributed by atoms with Crippen molar-refractivity contribution in [2.45, 2.75) is 43.1 Å². The number of carbonyl (C=O) groups excluding carboxylic acids is 1. The van der Waals surface area contributed by atoms with Crippen LogP contribution < -0.4 is 10.2 Å². The van der Waals surface area contributed by atoms with E-state index in [2.05, 4.69) is 5.48 Å². The Hall–Kier alpha value is -2.26. The zero-order valence-corrected chi connectivity index (χ0v) is 24.8. The minimum Gasteiger partial charge on any atom is -0.457 e. The molecule has 0 radical (unpaired) electrons. The zero-order chi connectivity index (χ0) is 29.0. The summed E-state index contributed by atoms with van der Waals surface area (Å²) < 4.78 is 65.3. The fraction of sp³-hybridized carbons (Fsp3) is 0.500. The van der Waals surface area contributed by atoms with Gasteiger partial charge in [0, 0.05) is 45.2 Å². The van der Waals surface area contributed by atoms with E-state index >= 15 is 0 Å². The second-order valence-corrected chi connectivity index (χ2v) is 14.9. The van der Waals surface area contributed by atoms with Gasteiger partial charge >= 0.3 is 0 Å². The van der Waals surface area contributed by atoms with Gasteiger partial charge in [0.15, 0.2) is 16.1 Å². The van der Waals surface area contributed by atoms with Gasteiger partial charge in [-0.05, 0) is 61.2 Å². The van der Waals surface area contributed by atoms with Crippen molar-refractivity contribution < 1.29 is 35.9 Å². The van der Waals surface area contributed by atoms with Gasteiger partial charge in [-0.25, -0.2) is 18.7 Å². The van der Waals surface area contributed by atoms with Crippen molar-refractivity contribution in [1.82, 2.24) is 14.1 Å². The molecule has 2 aliphatic rings. The van der Waals surface area contributed by atoms with Crippen LogP contribution in [0.2, 0.25) is 5.02 Å². The van der Waals surface area contributed by atoms with Crippen LogP contribution in [0.25, 0.3) is 0 Å². The van der Waals surface area contributed by atoms with Crippen LogP contribution in [-0.2, 0) is 39.2 Å². The Morgan fingerprint density at radius 2 is 1.75 bits per heavy atom. The predicted molar refractivity (Wildman–Crippen MR) is 150 cm³/mol. The quantitative estimate of drug-likeness (QED) is 0.426. The van der Waals surface area contributed by atoms with Crippen LogP contribution in [-0.4, -0.2) is 77.2 Å². The monoisotopic (exact) mass is 615 g/mol. The third-order valence-electron chi connectivity index (χ3n) is 7.08. The number of benzene rings is 2. The second kappa shape index (κ2) is 12.7. The molecule has 2 unspecified atom stereocenters. The van der Waals surface area contributed by atoms with Crippen LogP contribution in [0.15, 0.2) is 48.5 Å². The maximum absolute atomic E-state index is 13.9. The molecule has 0 aromatic heterocycles. The van der Waals surface area contributed by atoms with Crippen LogP contribution in [0.5, 0.6) is 11.5 Å². The molecule has 2 aromatic carbocycles. The lowest BCUT2D eigenvalue weighted by Gasteiger charge is -2.32. The van der Waals surface area contributed by atoms with Crippen LogP contribution >= 0.6 is 11.6 Å². The van der Waals surface area contributed by atoms with E-state index in [1.54, 1.807) is 48.5 Å². The van der Waals surface area contributed by atoms with Crippen molar-refractivity contribution in [3.05, 3.63) is 59.1 Å². The van der Waals surface area contributed by atoms with Crippen LogP contribution in [0.1, 0.15) is 37.7 Å². The van der Waals surface area contributed by atoms with Crippen LogP contribution in [0, 0.1) is 0 Å². The Labute approximate surface area is 240 Å². The number of hydrogen-bond donors (Lipinski definition) is 1. The first-order chi connectivity index (χ1) is 18.9. The van der Waals surface area contributed by atoms with Crippen molar-refractivity contribution in [2.75, 3.05) is 39.5 Å². The molecule has 4 rings (SSSR count). The molecule has 2 aliphatic heterocycles. The van der Waals surface area contributed by atoms with E-state index in [-0.39, 0.29) is 19.5 Å². The minimum absolute atomic E-state index is 0.0946. The largest absolute Gasteiger partial charge is 0.457 e. The number of ether oxygens (including phenoxy) is 2. The lowest BCUT2D eigenvalue weighted by Crippen LogP contribution is -2.43. The number of hydroxylamine groups is 1. The number of amides is 1. The standard InChI is InChI=1S/C26H34ClN3O8S2/c1-29(2)40(34,35)30-15-14-26(39(32,33)18-16-30,19-24(31)28-38-25-5-3-4-17-36-25)20-6-10-22(11-7-20)37-23-12-8-21(27)9-13-23/h6-13,25H,3-5,14-19H2,1-2H3,(H,28,31). The molecule has 14 heteroatoms. The summed E-state index contributed by atoms with van der Waals surface area (Å²) in [6, 6.07) is 13.2. The molecular weight excluding hydrogens is 582 g/mol. The molecule has 2 heterocycles. The van der Waals surface area contributed by atoms with Gasteiger partial charge in [-0.15, -0.1) is 0 Å². The summed E-state index contributed by atoms with van der Waals surface area (Å²) in [6.45, 7) is 0.193. The van der Waals surface area contributed by atoms with Gasteiger partial charge in [0.2, 0.25) is 5.91 Å². The summed E-state index contributed by atoms with van der Waals surface area (Å²) in [5.74, 6) is -0.113. The molecule has 2 aromatic rings. The molecule has 40 heavy (non-hydrogen) atoms. The van der Waals surface area contributed by atoms with E-state index in [0.717, 1.165) is 21.5 Å². The van der Waals surface area contributed by atoms with Crippen molar-refractivity contribution in [3.8, 4) is 11.5 Å². The lowest BCUT2D eigenvalue weighted by molar-refractivity contribution is -0.200. The molecule has 11 nitrogen and oxygen atoms in total. The summed E-state index contributed by atoms with van der Waals surface area (Å²) in [4.78, 5) is 18.5. The van der Waals surface area contributed by atoms with Gasteiger partial charge in [-0.1, -0.05) is 23.7 Å². The number of hydrogen-bond acceptors (Lipinski definition) is 8. The van der Waals surface area contributed by atoms with Crippen molar-refractivity contribution in [3.63, 3.8) is 0 Å². The Kier molecular flexibility index (Phi) is 9.76. The highest BCUT2D eigenvalue weighted by molar-refractivity contribution is 7.92. The molecule has 0 saturated carbocycles. The van der Waals surface area contributed by atoms with Crippen molar-refractivity contribution in [2.24, 2.45) is 0 Å². The van der Waals surface area contributed by atoms with Gasteiger partial charge in [0.05, 0.1) is 12.2 Å². The number of sulfone groups is 1. The van der Waals surface area contributed by atoms with E-state index in [1.165, 1.54) is 14.1 Å². The smallest absolute Gasteiger partial charge is 0.281 e. The normalized spacial score (nSPS) is 23.9. The summed E-state index contributed by atoms with van der Waals surface area (Å²) in [5, 5.41) is 0.561. The molecule has 0 spiro atoms. The first-order valence-corrected chi connectivity index (χ1v) is 16.4. The van der Waals surface area contributed by atoms with E-state index in [4.69, 9.17) is 25.9 Å². The molecule has 2 saturated heterocycles. The van der Waals surface area contributed by atoms with E-state index < -0.39 is 49.2 Å². The lowest BCUT2D eigenvalue weighted by atomic mass is 9.90. The van der Waals surface area contributed by atoms with E-state index in [0.29, 0.717) is 35.1 Å². The summed E-state index contributed by atoms with van der Waals surface area (Å²) in [6.07, 6.45) is 1.20. The van der Waals surface area contributed by atoms with Gasteiger partial charge in [0.1, 0.15) is 16.2 Å². The minimum atomic E-state index is -4.04. The van der Waals surface area contributed by atoms with Crippen molar-refractivity contribution >= 4 is 37.6 Å². The zero-order valence-electron chi connectivity index (χ0n) is 22.4. The highest BCUT2D eigenvalue weighted by Crippen LogP contribution is 2.41. The van der Waals surface area contributed by atoms with E-state index in [1.807, 2.05) is 0 Å². The molecule has 1 amide bonds. The fourth-order valence-electron chi connectivity index (χ4n) is 4.77. The topological polar surface area (TPSA) is 132 Å². The van der Waals surface area contributed by atoms with E-state index in [9.17, 15) is 21.6 Å². The maximum atomic E-state index is 13.9. The Bertz CT molecular complexity index is 1380. The van der Waals surface area contributed by atoms with Gasteiger partial charge in [-0.2, -0.15) is 17.0 Å². The Balaban J connectivity index is 1.63. The average Bonchev–Trinajstić information content (AvgIpc) is 3.06. The fourth-order valence-corrected chi connectivity index (χ4v) is 8.22. The summed E-state index contributed by atoms with van der Waals surface area (Å²) in [5.41, 5.74) is 2.71. The first kappa shape index (κ1) is 30.7. The average molecular weight is 616 g/mol. The van der Waals surface area contributed by atoms with Crippen LogP contribution in [0.4, 0.5) is 0 Å². The number of carbonyl (C=O) groups is 1. The molecule has 0 aliphatic carbocycles. The third kappa shape index (κ3) is 6.96. The number of halogens is 1. The Morgan fingerprint density at radius 3 is 2.35 bits per heavy atom. The second-order valence-electron chi connectivity index (χ2n) is 9.95. The number of nitrogens with zero attached hydrogens (tertiary/aromatic N) is 2. The number of rotatable bonds is 9. The molecule has 2 atom stereocenters. The first-order valence-electron chi connectivity index (χ1n) is 12.9. The summed E-state index contributed by atoms with van der Waals surface area (Å²) in [7, 11) is -5.13. The molecule has 220 valence electrons. The number of nitrogens with one attached hydrogen (secondary N) is 1. The Morgan fingerprint density at radius 1 is 1.10 bits per heavy atom. The van der Waals surface area contributed by atoms with Gasteiger partial charge in [0.25, 0.3) is 10.2 Å². The highest BCUT2D eigenvalue weighted by Gasteiger charge is 2.50. The molecule has 1 N–H and O–H groups in total. The SMILES string of the molecule is CN(C)S(=O)(=O)N1CCC(CC(=O)NOC2CCCCO2)(c2ccc(Oc3ccc(Cl)cc3)cc2)S(=O)(=O)CC1. The predicted octanol–water partition coefficient (Wildman–Crippen LogP) is 3.22. The van der Waals surface area contributed by atoms with Gasteiger partial charge in [-0.3, -0.25) is 4.79 Å². The highest BCUT2D eigenvalue weighted by atomic mass is 35.5. The molecule has 2 fully saturated rings. The van der Waals surface area contributed by atoms with Crippen LogP contribution in [0.3, 0.4) is 0 Å².